The minimum Gasteiger partial charge on any atom is -0.295 e. The first-order chi connectivity index (χ1) is 14.9. The van der Waals surface area contributed by atoms with Gasteiger partial charge in [-0.1, -0.05) is 53.8 Å². The molecule has 0 atom stereocenters. The molecule has 4 rings (SSSR count). The molecule has 31 heavy (non-hydrogen) atoms. The molecule has 1 amide bonds. The molecule has 2 aromatic carbocycles. The summed E-state index contributed by atoms with van der Waals surface area (Å²) in [7, 11) is 0. The van der Waals surface area contributed by atoms with Crippen LogP contribution in [0.3, 0.4) is 0 Å². The second-order valence-electron chi connectivity index (χ2n) is 6.39. The van der Waals surface area contributed by atoms with Crippen molar-refractivity contribution in [1.29, 1.82) is 0 Å². The van der Waals surface area contributed by atoms with Gasteiger partial charge in [-0.05, 0) is 13.0 Å². The highest BCUT2D eigenvalue weighted by Crippen LogP contribution is 2.26. The summed E-state index contributed by atoms with van der Waals surface area (Å²) in [4.78, 5) is 35.9. The molecule has 0 bridgehead atoms. The lowest BCUT2D eigenvalue weighted by atomic mass is 10.2. The van der Waals surface area contributed by atoms with E-state index in [0.717, 1.165) is 16.9 Å². The third-order valence-corrected chi connectivity index (χ3v) is 5.18. The average Bonchev–Trinajstić information content (AvgIpc) is 3.23. The Bertz CT molecular complexity index is 1350. The molecule has 0 aliphatic rings. The predicted molar refractivity (Wildman–Crippen MR) is 115 cm³/mol. The molecule has 10 nitrogen and oxygen atoms in total. The van der Waals surface area contributed by atoms with Crippen LogP contribution < -0.4 is 10.7 Å². The second kappa shape index (κ2) is 8.24. The fourth-order valence-electron chi connectivity index (χ4n) is 2.87. The van der Waals surface area contributed by atoms with E-state index in [-0.39, 0.29) is 16.5 Å². The zero-order chi connectivity index (χ0) is 22.0. The quantitative estimate of drug-likeness (QED) is 0.377. The Kier molecular flexibility index (Phi) is 5.33. The number of hydrogen-bond donors (Lipinski definition) is 1. The third-order valence-electron chi connectivity index (χ3n) is 4.30. The Hall–Kier alpha value is -4.25. The second-order valence-corrected chi connectivity index (χ2v) is 7.37. The molecule has 0 aliphatic heterocycles. The van der Waals surface area contributed by atoms with E-state index in [1.165, 1.54) is 28.9 Å². The van der Waals surface area contributed by atoms with Gasteiger partial charge in [0.15, 0.2) is 5.69 Å². The molecule has 0 aliphatic carbocycles. The predicted octanol–water partition coefficient (Wildman–Crippen LogP) is 3.22. The number of para-hydroxylation sites is 2. The van der Waals surface area contributed by atoms with Gasteiger partial charge in [-0.15, -0.1) is 10.2 Å². The van der Waals surface area contributed by atoms with Crippen molar-refractivity contribution < 1.29 is 9.72 Å². The minimum atomic E-state index is -0.784. The Balaban J connectivity index is 1.67. The van der Waals surface area contributed by atoms with Crippen molar-refractivity contribution in [2.24, 2.45) is 0 Å². The number of aryl methyl sites for hydroxylation is 1. The first kappa shape index (κ1) is 20.0. The lowest BCUT2D eigenvalue weighted by molar-refractivity contribution is -0.384. The van der Waals surface area contributed by atoms with Crippen LogP contribution in [-0.2, 0) is 0 Å². The number of aromatic nitrogens is 4. The Labute approximate surface area is 179 Å². The fourth-order valence-corrected chi connectivity index (χ4v) is 3.62. The maximum atomic E-state index is 12.7. The van der Waals surface area contributed by atoms with Crippen molar-refractivity contribution in [2.45, 2.75) is 6.92 Å². The van der Waals surface area contributed by atoms with Crippen LogP contribution >= 0.6 is 11.3 Å². The van der Waals surface area contributed by atoms with Crippen LogP contribution in [0, 0.1) is 17.0 Å². The lowest BCUT2D eigenvalue weighted by Gasteiger charge is -2.11. The summed E-state index contributed by atoms with van der Waals surface area (Å²) < 4.78 is 1.20. The van der Waals surface area contributed by atoms with Crippen molar-refractivity contribution in [3.63, 3.8) is 0 Å². The number of hydrogen-bond acceptors (Lipinski definition) is 8. The van der Waals surface area contributed by atoms with Gasteiger partial charge in [0.05, 0.1) is 4.92 Å². The Morgan fingerprint density at radius 2 is 1.81 bits per heavy atom. The highest BCUT2D eigenvalue weighted by atomic mass is 32.1. The molecule has 11 heteroatoms. The number of carbonyl (C=O) groups is 1. The summed E-state index contributed by atoms with van der Waals surface area (Å²) in [6.45, 7) is 1.57. The first-order valence-corrected chi connectivity index (χ1v) is 9.81. The van der Waals surface area contributed by atoms with Crippen LogP contribution in [0.25, 0.3) is 16.3 Å². The van der Waals surface area contributed by atoms with Crippen molar-refractivity contribution in [2.75, 3.05) is 5.32 Å². The maximum absolute atomic E-state index is 12.7. The number of nitro groups is 1. The van der Waals surface area contributed by atoms with Crippen molar-refractivity contribution in [3.05, 3.63) is 92.4 Å². The summed E-state index contributed by atoms with van der Waals surface area (Å²) >= 11 is 1.14. The molecule has 154 valence electrons. The van der Waals surface area contributed by atoms with E-state index in [0.29, 0.717) is 10.7 Å². The SMILES string of the molecule is Cc1cc(=O)c(C(=O)Nc2nnc(-c3ccccc3)s2)nn1-c1ccccc1[N+](=O)[O-]. The van der Waals surface area contributed by atoms with Crippen LogP contribution in [0.15, 0.2) is 65.5 Å². The molecule has 0 radical (unpaired) electrons. The lowest BCUT2D eigenvalue weighted by Crippen LogP contribution is -2.27. The first-order valence-electron chi connectivity index (χ1n) is 8.99. The van der Waals surface area contributed by atoms with Gasteiger partial charge >= 0.3 is 0 Å². The van der Waals surface area contributed by atoms with E-state index in [4.69, 9.17) is 0 Å². The highest BCUT2D eigenvalue weighted by Gasteiger charge is 2.21. The van der Waals surface area contributed by atoms with Gasteiger partial charge in [-0.2, -0.15) is 5.10 Å². The standard InChI is InChI=1S/C20H14N6O4S/c1-12-11-16(27)17(24-25(12)14-9-5-6-10-15(14)26(29)30)18(28)21-20-23-22-19(31-20)13-7-3-2-4-8-13/h2-11H,1H3,(H,21,23,28). The van der Waals surface area contributed by atoms with Crippen molar-refractivity contribution >= 4 is 28.1 Å². The number of nitro benzene ring substituents is 1. The van der Waals surface area contributed by atoms with Gasteiger partial charge in [0.2, 0.25) is 10.6 Å². The number of nitrogens with zero attached hydrogens (tertiary/aromatic N) is 5. The summed E-state index contributed by atoms with van der Waals surface area (Å²) in [6.07, 6.45) is 0. The molecule has 0 unspecified atom stereocenters. The van der Waals surface area contributed by atoms with Crippen LogP contribution in [0.2, 0.25) is 0 Å². The van der Waals surface area contributed by atoms with Gasteiger partial charge in [-0.3, -0.25) is 25.0 Å². The Morgan fingerprint density at radius 3 is 2.55 bits per heavy atom. The van der Waals surface area contributed by atoms with E-state index in [9.17, 15) is 19.7 Å². The van der Waals surface area contributed by atoms with E-state index in [1.54, 1.807) is 13.0 Å². The molecule has 0 spiro atoms. The number of amides is 1. The zero-order valence-corrected chi connectivity index (χ0v) is 16.9. The molecule has 1 N–H and O–H groups in total. The number of rotatable bonds is 5. The largest absolute Gasteiger partial charge is 0.295 e. The highest BCUT2D eigenvalue weighted by molar-refractivity contribution is 7.18. The summed E-state index contributed by atoms with van der Waals surface area (Å²) in [5, 5.41) is 26.7. The molecule has 0 saturated carbocycles. The summed E-state index contributed by atoms with van der Waals surface area (Å²) in [6, 6.07) is 16.4. The summed E-state index contributed by atoms with van der Waals surface area (Å²) in [5.41, 5.74) is 0.0924. The molecule has 2 heterocycles. The Morgan fingerprint density at radius 1 is 1.10 bits per heavy atom. The molecular weight excluding hydrogens is 420 g/mol. The smallest absolute Gasteiger partial charge is 0.294 e. The number of carbonyl (C=O) groups excluding carboxylic acids is 1. The van der Waals surface area contributed by atoms with Gasteiger partial charge < -0.3 is 0 Å². The van der Waals surface area contributed by atoms with Gasteiger partial charge in [0.1, 0.15) is 10.7 Å². The fraction of sp³-hybridized carbons (Fsp3) is 0.0500. The third kappa shape index (κ3) is 4.07. The van der Waals surface area contributed by atoms with Crippen LogP contribution in [0.4, 0.5) is 10.8 Å². The number of benzene rings is 2. The van der Waals surface area contributed by atoms with Crippen LogP contribution in [-0.4, -0.2) is 30.8 Å². The van der Waals surface area contributed by atoms with E-state index < -0.39 is 22.0 Å². The number of anilines is 1. The van der Waals surface area contributed by atoms with Crippen LogP contribution in [0.1, 0.15) is 16.2 Å². The van der Waals surface area contributed by atoms with E-state index in [1.807, 2.05) is 30.3 Å². The van der Waals surface area contributed by atoms with Crippen molar-refractivity contribution in [1.82, 2.24) is 20.0 Å². The van der Waals surface area contributed by atoms with Gasteiger partial charge in [0.25, 0.3) is 11.6 Å². The van der Waals surface area contributed by atoms with E-state index >= 15 is 0 Å². The van der Waals surface area contributed by atoms with Gasteiger partial charge in [-0.25, -0.2) is 4.68 Å². The molecule has 0 fully saturated rings. The molecule has 4 aromatic rings. The van der Waals surface area contributed by atoms with Gasteiger partial charge in [0, 0.05) is 23.4 Å². The van der Waals surface area contributed by atoms with Crippen LogP contribution in [0.5, 0.6) is 0 Å². The van der Waals surface area contributed by atoms with E-state index in [2.05, 4.69) is 20.6 Å². The average molecular weight is 434 g/mol. The monoisotopic (exact) mass is 434 g/mol. The normalized spacial score (nSPS) is 10.6. The molecular formula is C20H14N6O4S. The molecule has 2 aromatic heterocycles. The topological polar surface area (TPSA) is 133 Å². The minimum absolute atomic E-state index is 0.140. The number of nitrogens with one attached hydrogen (secondary N) is 1. The molecule has 0 saturated heterocycles. The zero-order valence-electron chi connectivity index (χ0n) is 16.1. The summed E-state index contributed by atoms with van der Waals surface area (Å²) in [5.74, 6) is -0.784. The van der Waals surface area contributed by atoms with Crippen molar-refractivity contribution in [3.8, 4) is 16.3 Å². The maximum Gasteiger partial charge on any atom is 0.294 e.